The van der Waals surface area contributed by atoms with Crippen molar-refractivity contribution in [1.82, 2.24) is 4.90 Å². The Balaban J connectivity index is 1.55. The van der Waals surface area contributed by atoms with Crippen LogP contribution in [-0.2, 0) is 14.4 Å². The molecule has 0 radical (unpaired) electrons. The SMILES string of the molecule is C=CCO[C@@]12Oc3ccc(Oc4ccc(C)c(C)c4)cc3[C@H]3[C@H](CCCCO)[C@@H](CCCCO)C=C(C(=NOCC)C[C@@H]1N(CCC)C(=O)C=Cc1ccc([N+](=O)[O-])cc1)[C@H]32. The van der Waals surface area contributed by atoms with Crippen molar-refractivity contribution in [2.75, 3.05) is 33.0 Å². The summed E-state index contributed by atoms with van der Waals surface area (Å²) in [6.07, 6.45) is 12.7. The Morgan fingerprint density at radius 2 is 1.72 bits per heavy atom. The highest BCUT2D eigenvalue weighted by molar-refractivity contribution is 6.03. The van der Waals surface area contributed by atoms with Gasteiger partial charge in [-0.3, -0.25) is 14.9 Å². The summed E-state index contributed by atoms with van der Waals surface area (Å²) < 4.78 is 20.9. The number of ether oxygens (including phenoxy) is 3. The van der Waals surface area contributed by atoms with Gasteiger partial charge in [-0.1, -0.05) is 43.1 Å². The number of allylic oxidation sites excluding steroid dienone is 1. The highest BCUT2D eigenvalue weighted by Crippen LogP contribution is 2.62. The van der Waals surface area contributed by atoms with Crippen LogP contribution in [0.15, 0.2) is 96.2 Å². The second kappa shape index (κ2) is 21.0. The van der Waals surface area contributed by atoms with Gasteiger partial charge in [-0.25, -0.2) is 0 Å². The van der Waals surface area contributed by atoms with Crippen molar-refractivity contribution in [3.8, 4) is 17.2 Å². The van der Waals surface area contributed by atoms with E-state index in [9.17, 15) is 25.1 Å². The number of fused-ring (bicyclic) bond motifs is 2. The van der Waals surface area contributed by atoms with E-state index in [-0.39, 0.29) is 55.6 Å². The fourth-order valence-electron chi connectivity index (χ4n) is 9.40. The zero-order valence-electron chi connectivity index (χ0n) is 36.0. The number of rotatable bonds is 21. The quantitative estimate of drug-likeness (QED) is 0.0351. The Kier molecular flexibility index (Phi) is 15.6. The van der Waals surface area contributed by atoms with Crippen molar-refractivity contribution in [1.29, 1.82) is 0 Å². The zero-order chi connectivity index (χ0) is 43.5. The van der Waals surface area contributed by atoms with Gasteiger partial charge in [0.25, 0.3) is 5.69 Å². The van der Waals surface area contributed by atoms with E-state index in [0.717, 1.165) is 53.8 Å². The van der Waals surface area contributed by atoms with E-state index in [4.69, 9.17) is 24.2 Å². The van der Waals surface area contributed by atoms with Gasteiger partial charge in [-0.15, -0.1) is 6.58 Å². The largest absolute Gasteiger partial charge is 0.459 e. The van der Waals surface area contributed by atoms with Crippen LogP contribution in [0.2, 0.25) is 0 Å². The number of amides is 1. The lowest BCUT2D eigenvalue weighted by Gasteiger charge is -2.60. The lowest BCUT2D eigenvalue weighted by molar-refractivity contribution is -0.384. The molecule has 6 atom stereocenters. The number of hydrogen-bond acceptors (Lipinski definition) is 10. The third-order valence-electron chi connectivity index (χ3n) is 12.3. The number of nitro benzene ring substituents is 1. The van der Waals surface area contributed by atoms with Crippen LogP contribution in [0.1, 0.15) is 93.4 Å². The average molecular weight is 836 g/mol. The molecule has 326 valence electrons. The number of carbonyl (C=O) groups excluding carboxylic acids is 1. The molecule has 0 bridgehead atoms. The molecule has 2 N–H and O–H groups in total. The van der Waals surface area contributed by atoms with Gasteiger partial charge in [0.2, 0.25) is 11.7 Å². The van der Waals surface area contributed by atoms with Crippen LogP contribution in [0.5, 0.6) is 17.2 Å². The van der Waals surface area contributed by atoms with E-state index >= 15 is 0 Å². The fraction of sp³-hybridized carbons (Fsp3) is 0.469. The van der Waals surface area contributed by atoms with E-state index in [1.165, 1.54) is 23.8 Å². The van der Waals surface area contributed by atoms with Crippen molar-refractivity contribution in [3.05, 3.63) is 123 Å². The van der Waals surface area contributed by atoms with Gasteiger partial charge in [0.05, 0.1) is 23.2 Å². The minimum absolute atomic E-state index is 0.0319. The number of aliphatic hydroxyl groups is 2. The number of aryl methyl sites for hydroxylation is 2. The van der Waals surface area contributed by atoms with Crippen LogP contribution in [0, 0.1) is 41.7 Å². The van der Waals surface area contributed by atoms with Crippen molar-refractivity contribution in [3.63, 3.8) is 0 Å². The van der Waals surface area contributed by atoms with Gasteiger partial charge >= 0.3 is 0 Å². The monoisotopic (exact) mass is 835 g/mol. The molecule has 0 aromatic heterocycles. The number of hydrogen-bond donors (Lipinski definition) is 2. The summed E-state index contributed by atoms with van der Waals surface area (Å²) in [5.74, 6) is -0.111. The van der Waals surface area contributed by atoms with Gasteiger partial charge in [0.15, 0.2) is 0 Å². The summed E-state index contributed by atoms with van der Waals surface area (Å²) in [4.78, 5) is 33.2. The van der Waals surface area contributed by atoms with Gasteiger partial charge in [-0.2, -0.15) is 0 Å². The maximum atomic E-state index is 14.6. The van der Waals surface area contributed by atoms with Crippen LogP contribution in [0.4, 0.5) is 5.69 Å². The fourth-order valence-corrected chi connectivity index (χ4v) is 9.40. The molecule has 1 heterocycles. The molecule has 1 saturated carbocycles. The average Bonchev–Trinajstić information content (AvgIpc) is 3.26. The molecule has 0 unspecified atom stereocenters. The molecule has 12 heteroatoms. The summed E-state index contributed by atoms with van der Waals surface area (Å²) >= 11 is 0. The number of unbranched alkanes of at least 4 members (excludes halogenated alkanes) is 2. The van der Waals surface area contributed by atoms with Gasteiger partial charge in [0, 0.05) is 55.9 Å². The first-order valence-electron chi connectivity index (χ1n) is 21.8. The zero-order valence-corrected chi connectivity index (χ0v) is 36.0. The summed E-state index contributed by atoms with van der Waals surface area (Å²) in [7, 11) is 0. The lowest BCUT2D eigenvalue weighted by Crippen LogP contribution is -2.70. The van der Waals surface area contributed by atoms with E-state index in [0.29, 0.717) is 49.5 Å². The first-order valence-corrected chi connectivity index (χ1v) is 21.8. The van der Waals surface area contributed by atoms with Gasteiger partial charge in [-0.05, 0) is 136 Å². The third kappa shape index (κ3) is 10.1. The molecule has 3 aliphatic rings. The maximum absolute atomic E-state index is 14.6. The normalized spacial score (nSPS) is 23.4. The van der Waals surface area contributed by atoms with Crippen molar-refractivity contribution >= 4 is 23.4 Å². The summed E-state index contributed by atoms with van der Waals surface area (Å²) in [6, 6.07) is 17.4. The molecule has 1 amide bonds. The van der Waals surface area contributed by atoms with E-state index in [1.54, 1.807) is 24.3 Å². The summed E-state index contributed by atoms with van der Waals surface area (Å²) in [5.41, 5.74) is 5.58. The maximum Gasteiger partial charge on any atom is 0.269 e. The molecule has 0 spiro atoms. The van der Waals surface area contributed by atoms with Crippen LogP contribution < -0.4 is 9.47 Å². The number of oxime groups is 1. The Hall–Kier alpha value is -5.30. The number of nitro groups is 1. The predicted octanol–water partition coefficient (Wildman–Crippen LogP) is 9.61. The van der Waals surface area contributed by atoms with Gasteiger partial charge < -0.3 is 34.2 Å². The summed E-state index contributed by atoms with van der Waals surface area (Å²) in [6.45, 7) is 13.2. The van der Waals surface area contributed by atoms with Crippen LogP contribution in [0.25, 0.3) is 6.08 Å². The molecule has 12 nitrogen and oxygen atoms in total. The first kappa shape index (κ1) is 45.2. The first-order chi connectivity index (χ1) is 29.6. The topological polar surface area (TPSA) is 153 Å². The minimum Gasteiger partial charge on any atom is -0.459 e. The number of carbonyl (C=O) groups is 1. The Bertz CT molecular complexity index is 2100. The molecule has 3 aromatic carbocycles. The molecule has 0 saturated heterocycles. The molecular formula is C49H61N3O9. The van der Waals surface area contributed by atoms with Crippen molar-refractivity contribution in [2.24, 2.45) is 22.9 Å². The molecule has 6 rings (SSSR count). The lowest BCUT2D eigenvalue weighted by atomic mass is 9.55. The molecular weight excluding hydrogens is 775 g/mol. The molecule has 1 aliphatic heterocycles. The molecule has 61 heavy (non-hydrogen) atoms. The van der Waals surface area contributed by atoms with E-state index in [1.807, 2.05) is 43.0 Å². The highest BCUT2D eigenvalue weighted by atomic mass is 16.7. The minimum atomic E-state index is -1.39. The predicted molar refractivity (Wildman–Crippen MR) is 237 cm³/mol. The number of benzene rings is 3. The van der Waals surface area contributed by atoms with Crippen molar-refractivity contribution in [2.45, 2.75) is 96.8 Å². The van der Waals surface area contributed by atoms with Crippen LogP contribution in [-0.4, -0.2) is 76.5 Å². The molecule has 1 fully saturated rings. The molecule has 3 aromatic rings. The van der Waals surface area contributed by atoms with Crippen LogP contribution >= 0.6 is 0 Å². The second-order valence-electron chi connectivity index (χ2n) is 16.3. The molecule has 2 aliphatic carbocycles. The number of aliphatic hydroxyl groups excluding tert-OH is 2. The smallest absolute Gasteiger partial charge is 0.269 e. The Morgan fingerprint density at radius 1 is 1.00 bits per heavy atom. The van der Waals surface area contributed by atoms with Crippen LogP contribution in [0.3, 0.4) is 0 Å². The van der Waals surface area contributed by atoms with Crippen molar-refractivity contribution < 1.29 is 39.0 Å². The Labute approximate surface area is 359 Å². The number of non-ortho nitro benzene ring substituents is 1. The highest BCUT2D eigenvalue weighted by Gasteiger charge is 2.65. The standard InChI is InChI=1S/C49H61N3O9/c1-6-25-51(46(55)24-18-35-16-19-37(20-17-35)52(56)57)45-32-43(50-59-8-3)41-30-36(13-9-11-26-53)40(14-10-12-27-54)47-42-31-39(60-38-21-15-33(4)34(5)29-38)22-23-44(42)61-49(45,48(41)47)58-28-7-2/h7,15-24,29-31,36,40,45,47-48,53-54H,2,6,8-14,25-28,32H2,1,3-5H3/t36-,40+,45-,47+,48+,49+/m0/s1. The number of nitrogens with zero attached hydrogens (tertiary/aromatic N) is 3. The Morgan fingerprint density at radius 3 is 2.39 bits per heavy atom. The third-order valence-corrected chi connectivity index (χ3v) is 12.3. The second-order valence-corrected chi connectivity index (χ2v) is 16.3. The van der Waals surface area contributed by atoms with E-state index < -0.39 is 22.7 Å². The van der Waals surface area contributed by atoms with Gasteiger partial charge in [0.1, 0.15) is 29.9 Å². The van der Waals surface area contributed by atoms with E-state index in [2.05, 4.69) is 38.6 Å². The summed E-state index contributed by atoms with van der Waals surface area (Å²) in [5, 5.41) is 35.9.